The van der Waals surface area contributed by atoms with Gasteiger partial charge in [0.05, 0.1) is 27.6 Å². The monoisotopic (exact) mass is 326 g/mol. The number of benzene rings is 2. The van der Waals surface area contributed by atoms with Crippen LogP contribution < -0.4 is 0 Å². The lowest BCUT2D eigenvalue weighted by Crippen LogP contribution is -2.02. The molecule has 1 heterocycles. The molecule has 0 atom stereocenters. The van der Waals surface area contributed by atoms with Crippen LogP contribution >= 0.6 is 23.2 Å². The lowest BCUT2D eigenvalue weighted by molar-refractivity contribution is 0.617. The maximum atomic E-state index is 14.2. The van der Waals surface area contributed by atoms with Gasteiger partial charge in [0, 0.05) is 6.07 Å². The van der Waals surface area contributed by atoms with Crippen molar-refractivity contribution in [1.29, 1.82) is 0 Å². The Morgan fingerprint density at radius 3 is 2.62 bits per heavy atom. The van der Waals surface area contributed by atoms with Crippen molar-refractivity contribution in [3.05, 3.63) is 58.4 Å². The zero-order valence-electron chi connectivity index (χ0n) is 11.0. The molecule has 0 aliphatic heterocycles. The molecule has 0 spiro atoms. The van der Waals surface area contributed by atoms with Crippen LogP contribution in [0.4, 0.5) is 8.78 Å². The molecule has 0 N–H and O–H groups in total. The summed E-state index contributed by atoms with van der Waals surface area (Å²) < 4.78 is 29.3. The summed E-state index contributed by atoms with van der Waals surface area (Å²) in [6, 6.07) is 7.38. The van der Waals surface area contributed by atoms with Crippen molar-refractivity contribution in [2.75, 3.05) is 0 Å². The number of nitrogens with zero attached hydrogens (tertiary/aromatic N) is 2. The van der Waals surface area contributed by atoms with E-state index in [0.29, 0.717) is 22.5 Å². The first kappa shape index (κ1) is 14.3. The third-order valence-corrected chi connectivity index (χ3v) is 3.76. The van der Waals surface area contributed by atoms with Crippen molar-refractivity contribution in [3.63, 3.8) is 0 Å². The highest BCUT2D eigenvalue weighted by Gasteiger charge is 2.17. The molecule has 0 aliphatic rings. The fraction of sp³-hybridized carbons (Fsp3) is 0.133. The molecule has 0 unspecified atom stereocenters. The number of aromatic nitrogens is 2. The van der Waals surface area contributed by atoms with Gasteiger partial charge in [-0.15, -0.1) is 11.6 Å². The summed E-state index contributed by atoms with van der Waals surface area (Å²) >= 11 is 11.7. The lowest BCUT2D eigenvalue weighted by Gasteiger charge is -2.10. The first-order chi connectivity index (χ1) is 10.0. The van der Waals surface area contributed by atoms with Crippen LogP contribution in [0.15, 0.2) is 30.3 Å². The molecule has 3 aromatic rings. The molecule has 6 heteroatoms. The minimum atomic E-state index is -0.570. The number of fused-ring (bicyclic) bond motifs is 1. The maximum absolute atomic E-state index is 14.2. The largest absolute Gasteiger partial charge is 0.292 e. The van der Waals surface area contributed by atoms with Gasteiger partial charge < -0.3 is 0 Å². The number of hydrogen-bond acceptors (Lipinski definition) is 1. The van der Waals surface area contributed by atoms with Gasteiger partial charge in [0.25, 0.3) is 0 Å². The van der Waals surface area contributed by atoms with Gasteiger partial charge in [-0.2, -0.15) is 0 Å². The Bertz CT molecular complexity index is 843. The third kappa shape index (κ3) is 2.39. The molecule has 108 valence electrons. The van der Waals surface area contributed by atoms with Crippen molar-refractivity contribution in [3.8, 4) is 5.69 Å². The highest BCUT2D eigenvalue weighted by molar-refractivity contribution is 6.31. The van der Waals surface area contributed by atoms with Gasteiger partial charge in [-0.05, 0) is 30.7 Å². The second kappa shape index (κ2) is 5.28. The summed E-state index contributed by atoms with van der Waals surface area (Å²) in [4.78, 5) is 4.25. The van der Waals surface area contributed by atoms with E-state index in [1.807, 2.05) is 6.92 Å². The Labute approximate surface area is 129 Å². The summed E-state index contributed by atoms with van der Waals surface area (Å²) in [6.45, 7) is 1.86. The molecule has 0 saturated carbocycles. The van der Waals surface area contributed by atoms with E-state index in [4.69, 9.17) is 23.2 Å². The highest BCUT2D eigenvalue weighted by Crippen LogP contribution is 2.28. The maximum Gasteiger partial charge on any atom is 0.147 e. The van der Waals surface area contributed by atoms with E-state index in [0.717, 1.165) is 5.56 Å². The smallest absolute Gasteiger partial charge is 0.147 e. The predicted octanol–water partition coefficient (Wildman–Crippen LogP) is 5.00. The van der Waals surface area contributed by atoms with Crippen molar-refractivity contribution < 1.29 is 8.78 Å². The van der Waals surface area contributed by atoms with Gasteiger partial charge in [0.2, 0.25) is 0 Å². The van der Waals surface area contributed by atoms with E-state index in [1.165, 1.54) is 18.2 Å². The molecule has 0 radical (unpaired) electrons. The van der Waals surface area contributed by atoms with Crippen molar-refractivity contribution in [2.45, 2.75) is 12.8 Å². The number of hydrogen-bond donors (Lipinski definition) is 0. The summed E-state index contributed by atoms with van der Waals surface area (Å²) in [6.07, 6.45) is 0. The van der Waals surface area contributed by atoms with Crippen LogP contribution in [0.25, 0.3) is 16.7 Å². The topological polar surface area (TPSA) is 17.8 Å². The average molecular weight is 327 g/mol. The van der Waals surface area contributed by atoms with Crippen LogP contribution in [-0.2, 0) is 5.88 Å². The van der Waals surface area contributed by atoms with Crippen molar-refractivity contribution in [1.82, 2.24) is 9.55 Å². The van der Waals surface area contributed by atoms with E-state index in [1.54, 1.807) is 16.7 Å². The van der Waals surface area contributed by atoms with Crippen LogP contribution in [0.5, 0.6) is 0 Å². The number of imidazole rings is 1. The van der Waals surface area contributed by atoms with Gasteiger partial charge >= 0.3 is 0 Å². The summed E-state index contributed by atoms with van der Waals surface area (Å²) in [7, 11) is 0. The Morgan fingerprint density at radius 2 is 1.90 bits per heavy atom. The second-order valence-electron chi connectivity index (χ2n) is 4.71. The van der Waals surface area contributed by atoms with Crippen LogP contribution in [0.3, 0.4) is 0 Å². The third-order valence-electron chi connectivity index (χ3n) is 3.23. The average Bonchev–Trinajstić information content (AvgIpc) is 2.79. The standard InChI is InChI=1S/C15H10Cl2F2N2/c1-8-2-3-10(18)13(4-8)21-14-5-9(17)11(19)6-12(14)20-15(21)7-16/h2-6H,7H2,1H3. The van der Waals surface area contributed by atoms with E-state index in [-0.39, 0.29) is 10.9 Å². The van der Waals surface area contributed by atoms with Crippen LogP contribution in [0, 0.1) is 18.6 Å². The SMILES string of the molecule is Cc1ccc(F)c(-n2c(CCl)nc3cc(F)c(Cl)cc32)c1. The van der Waals surface area contributed by atoms with Gasteiger partial charge in [-0.25, -0.2) is 13.8 Å². The second-order valence-corrected chi connectivity index (χ2v) is 5.38. The highest BCUT2D eigenvalue weighted by atomic mass is 35.5. The van der Waals surface area contributed by atoms with E-state index >= 15 is 0 Å². The Morgan fingerprint density at radius 1 is 1.14 bits per heavy atom. The Kier molecular flexibility index (Phi) is 3.59. The van der Waals surface area contributed by atoms with Gasteiger partial charge in [-0.1, -0.05) is 17.7 Å². The van der Waals surface area contributed by atoms with Crippen molar-refractivity contribution >= 4 is 34.2 Å². The van der Waals surface area contributed by atoms with Gasteiger partial charge in [0.15, 0.2) is 0 Å². The molecular weight excluding hydrogens is 317 g/mol. The Hall–Kier alpha value is -1.65. The molecule has 2 aromatic carbocycles. The molecular formula is C15H10Cl2F2N2. The molecule has 2 nitrogen and oxygen atoms in total. The van der Waals surface area contributed by atoms with E-state index in [2.05, 4.69) is 4.98 Å². The fourth-order valence-electron chi connectivity index (χ4n) is 2.28. The zero-order chi connectivity index (χ0) is 15.1. The summed E-state index contributed by atoms with van der Waals surface area (Å²) in [5.74, 6) is -0.481. The number of halogens is 4. The number of alkyl halides is 1. The molecule has 0 saturated heterocycles. The fourth-order valence-corrected chi connectivity index (χ4v) is 2.61. The van der Waals surface area contributed by atoms with Crippen molar-refractivity contribution in [2.24, 2.45) is 0 Å². The van der Waals surface area contributed by atoms with Crippen LogP contribution in [0.1, 0.15) is 11.4 Å². The predicted molar refractivity (Wildman–Crippen MR) is 80.3 cm³/mol. The first-order valence-corrected chi connectivity index (χ1v) is 7.11. The summed E-state index contributed by atoms with van der Waals surface area (Å²) in [5, 5.41) is -0.0437. The van der Waals surface area contributed by atoms with Gasteiger partial charge in [-0.3, -0.25) is 4.57 Å². The molecule has 1 aromatic heterocycles. The molecule has 21 heavy (non-hydrogen) atoms. The number of aryl methyl sites for hydroxylation is 1. The first-order valence-electron chi connectivity index (χ1n) is 6.20. The molecule has 0 fully saturated rings. The molecule has 3 rings (SSSR count). The van der Waals surface area contributed by atoms with Crippen LogP contribution in [-0.4, -0.2) is 9.55 Å². The van der Waals surface area contributed by atoms with E-state index < -0.39 is 11.6 Å². The van der Waals surface area contributed by atoms with E-state index in [9.17, 15) is 8.78 Å². The zero-order valence-corrected chi connectivity index (χ0v) is 12.5. The normalized spacial score (nSPS) is 11.3. The molecule has 0 aliphatic carbocycles. The van der Waals surface area contributed by atoms with Gasteiger partial charge in [0.1, 0.15) is 17.5 Å². The lowest BCUT2D eigenvalue weighted by atomic mass is 10.2. The van der Waals surface area contributed by atoms with Crippen LogP contribution in [0.2, 0.25) is 5.02 Å². The Balaban J connectivity index is 2.40. The number of rotatable bonds is 2. The molecule has 0 bridgehead atoms. The minimum Gasteiger partial charge on any atom is -0.292 e. The molecule has 0 amide bonds. The quantitative estimate of drug-likeness (QED) is 0.605. The minimum absolute atomic E-state index is 0.0437. The summed E-state index contributed by atoms with van der Waals surface area (Å²) in [5.41, 5.74) is 2.10.